The molecule has 0 saturated heterocycles. The van der Waals surface area contributed by atoms with E-state index in [1.54, 1.807) is 11.8 Å². The van der Waals surface area contributed by atoms with E-state index in [0.717, 1.165) is 27.7 Å². The molecule has 1 aromatic heterocycles. The van der Waals surface area contributed by atoms with Gasteiger partial charge in [0.05, 0.1) is 17.6 Å². The first-order valence-electron chi connectivity index (χ1n) is 8.94. The molecule has 5 nitrogen and oxygen atoms in total. The molecule has 1 heterocycles. The Bertz CT molecular complexity index is 927. The average Bonchev–Trinajstić information content (AvgIpc) is 2.95. The molecule has 0 spiro atoms. The van der Waals surface area contributed by atoms with Gasteiger partial charge in [0, 0.05) is 5.75 Å². The van der Waals surface area contributed by atoms with Gasteiger partial charge in [-0.3, -0.25) is 4.79 Å². The summed E-state index contributed by atoms with van der Waals surface area (Å²) >= 11 is 1.56. The van der Waals surface area contributed by atoms with Crippen LogP contribution in [0.25, 0.3) is 11.0 Å². The average molecular weight is 384 g/mol. The van der Waals surface area contributed by atoms with Crippen LogP contribution in [0, 0.1) is 0 Å². The molecule has 3 aromatic rings. The third-order valence-electron chi connectivity index (χ3n) is 4.24. The molecule has 0 atom stereocenters. The molecule has 0 unspecified atom stereocenters. The molecule has 1 amide bonds. The molecule has 0 bridgehead atoms. The fourth-order valence-electron chi connectivity index (χ4n) is 2.82. The lowest BCUT2D eigenvalue weighted by Crippen LogP contribution is -2.19. The summed E-state index contributed by atoms with van der Waals surface area (Å²) in [5.41, 5.74) is 8.59. The van der Waals surface area contributed by atoms with Gasteiger partial charge in [-0.2, -0.15) is 0 Å². The molecular weight excluding hydrogens is 358 g/mol. The topological polar surface area (TPSA) is 70.1 Å². The fraction of sp³-hybridized carbons (Fsp3) is 0.333. The SMILES string of the molecule is CC(C)(C)c1ccc(OCCSc2nc3ccccc3n2CC(N)=O)cc1. The number of carbonyl (C=O) groups is 1. The van der Waals surface area contributed by atoms with Crippen LogP contribution in [0.2, 0.25) is 0 Å². The molecule has 0 fully saturated rings. The minimum absolute atomic E-state index is 0.123. The highest BCUT2D eigenvalue weighted by Gasteiger charge is 2.14. The van der Waals surface area contributed by atoms with Crippen molar-refractivity contribution in [1.29, 1.82) is 0 Å². The monoisotopic (exact) mass is 383 g/mol. The lowest BCUT2D eigenvalue weighted by atomic mass is 9.87. The van der Waals surface area contributed by atoms with Gasteiger partial charge in [-0.25, -0.2) is 4.98 Å². The fourth-order valence-corrected chi connectivity index (χ4v) is 3.65. The Labute approximate surface area is 163 Å². The van der Waals surface area contributed by atoms with Crippen molar-refractivity contribution >= 4 is 28.7 Å². The van der Waals surface area contributed by atoms with Crippen LogP contribution in [0.5, 0.6) is 5.75 Å². The Morgan fingerprint density at radius 3 is 2.52 bits per heavy atom. The van der Waals surface area contributed by atoms with Gasteiger partial charge >= 0.3 is 0 Å². The molecule has 2 aromatic carbocycles. The lowest BCUT2D eigenvalue weighted by molar-refractivity contribution is -0.118. The first-order chi connectivity index (χ1) is 12.8. The van der Waals surface area contributed by atoms with Crippen molar-refractivity contribution in [3.63, 3.8) is 0 Å². The Hall–Kier alpha value is -2.47. The van der Waals surface area contributed by atoms with Crippen LogP contribution in [0.15, 0.2) is 53.7 Å². The van der Waals surface area contributed by atoms with Gasteiger partial charge in [0.25, 0.3) is 0 Å². The van der Waals surface area contributed by atoms with Crippen molar-refractivity contribution in [1.82, 2.24) is 9.55 Å². The normalized spacial score (nSPS) is 11.7. The number of benzene rings is 2. The van der Waals surface area contributed by atoms with E-state index in [1.165, 1.54) is 5.56 Å². The van der Waals surface area contributed by atoms with Crippen molar-refractivity contribution < 1.29 is 9.53 Å². The maximum atomic E-state index is 11.4. The summed E-state index contributed by atoms with van der Waals surface area (Å²) in [5, 5.41) is 0.779. The minimum Gasteiger partial charge on any atom is -0.493 e. The van der Waals surface area contributed by atoms with E-state index in [4.69, 9.17) is 10.5 Å². The first kappa shape index (κ1) is 19.3. The third-order valence-corrected chi connectivity index (χ3v) is 5.18. The zero-order valence-electron chi connectivity index (χ0n) is 15.9. The van der Waals surface area contributed by atoms with E-state index in [9.17, 15) is 4.79 Å². The molecule has 0 radical (unpaired) electrons. The van der Waals surface area contributed by atoms with Crippen molar-refractivity contribution in [3.8, 4) is 5.75 Å². The predicted octanol–water partition coefficient (Wildman–Crippen LogP) is 3.99. The van der Waals surface area contributed by atoms with Gasteiger partial charge in [-0.1, -0.05) is 56.8 Å². The van der Waals surface area contributed by atoms with Gasteiger partial charge in [-0.15, -0.1) is 0 Å². The quantitative estimate of drug-likeness (QED) is 0.495. The van der Waals surface area contributed by atoms with Gasteiger partial charge in [-0.05, 0) is 35.2 Å². The summed E-state index contributed by atoms with van der Waals surface area (Å²) in [4.78, 5) is 16.0. The second kappa shape index (κ2) is 8.05. The maximum Gasteiger partial charge on any atom is 0.237 e. The molecule has 6 heteroatoms. The molecule has 3 rings (SSSR count). The number of hydrogen-bond acceptors (Lipinski definition) is 4. The predicted molar refractivity (Wildman–Crippen MR) is 110 cm³/mol. The zero-order valence-corrected chi connectivity index (χ0v) is 16.8. The van der Waals surface area contributed by atoms with Crippen molar-refractivity contribution in [2.45, 2.75) is 37.9 Å². The highest BCUT2D eigenvalue weighted by molar-refractivity contribution is 7.99. The largest absolute Gasteiger partial charge is 0.493 e. The molecule has 0 aliphatic heterocycles. The van der Waals surface area contributed by atoms with Crippen LogP contribution >= 0.6 is 11.8 Å². The minimum atomic E-state index is -0.379. The summed E-state index contributed by atoms with van der Waals surface area (Å²) in [6.07, 6.45) is 0. The number of carbonyl (C=O) groups excluding carboxylic acids is 1. The van der Waals surface area contributed by atoms with E-state index >= 15 is 0 Å². The number of fused-ring (bicyclic) bond motifs is 1. The van der Waals surface area contributed by atoms with E-state index in [1.807, 2.05) is 41.0 Å². The summed E-state index contributed by atoms with van der Waals surface area (Å²) in [6, 6.07) is 16.0. The Morgan fingerprint density at radius 1 is 1.15 bits per heavy atom. The molecule has 0 aliphatic rings. The molecule has 0 saturated carbocycles. The third kappa shape index (κ3) is 4.83. The summed E-state index contributed by atoms with van der Waals surface area (Å²) in [6.45, 7) is 7.25. The number of amides is 1. The number of ether oxygens (including phenoxy) is 1. The Kier molecular flexibility index (Phi) is 5.75. The number of nitrogens with zero attached hydrogens (tertiary/aromatic N) is 2. The van der Waals surface area contributed by atoms with Crippen LogP contribution in [-0.4, -0.2) is 27.8 Å². The number of hydrogen-bond donors (Lipinski definition) is 1. The number of imidazole rings is 1. The van der Waals surface area contributed by atoms with E-state index in [0.29, 0.717) is 6.61 Å². The first-order valence-corrected chi connectivity index (χ1v) is 9.93. The lowest BCUT2D eigenvalue weighted by Gasteiger charge is -2.19. The van der Waals surface area contributed by atoms with Gasteiger partial charge in [0.1, 0.15) is 12.3 Å². The zero-order chi connectivity index (χ0) is 19.4. The van der Waals surface area contributed by atoms with Crippen LogP contribution < -0.4 is 10.5 Å². The maximum absolute atomic E-state index is 11.4. The molecule has 142 valence electrons. The number of rotatable bonds is 7. The van der Waals surface area contributed by atoms with Crippen molar-refractivity contribution in [3.05, 3.63) is 54.1 Å². The van der Waals surface area contributed by atoms with Gasteiger partial charge < -0.3 is 15.0 Å². The highest BCUT2D eigenvalue weighted by atomic mass is 32.2. The van der Waals surface area contributed by atoms with E-state index < -0.39 is 0 Å². The number of para-hydroxylation sites is 2. The van der Waals surface area contributed by atoms with E-state index in [2.05, 4.69) is 37.9 Å². The Morgan fingerprint density at radius 2 is 1.85 bits per heavy atom. The number of thioether (sulfide) groups is 1. The molecule has 2 N–H and O–H groups in total. The smallest absolute Gasteiger partial charge is 0.237 e. The van der Waals surface area contributed by atoms with Crippen molar-refractivity contribution in [2.75, 3.05) is 12.4 Å². The number of aromatic nitrogens is 2. The molecule has 0 aliphatic carbocycles. The van der Waals surface area contributed by atoms with Crippen LogP contribution in [-0.2, 0) is 16.8 Å². The molecular formula is C21H25N3O2S. The van der Waals surface area contributed by atoms with Crippen LogP contribution in [0.1, 0.15) is 26.3 Å². The number of primary amides is 1. The second-order valence-electron chi connectivity index (χ2n) is 7.41. The van der Waals surface area contributed by atoms with E-state index in [-0.39, 0.29) is 17.9 Å². The van der Waals surface area contributed by atoms with Crippen LogP contribution in [0.4, 0.5) is 0 Å². The second-order valence-corrected chi connectivity index (χ2v) is 8.47. The standard InChI is InChI=1S/C21H25N3O2S/c1-21(2,3)15-8-10-16(11-9-15)26-12-13-27-20-23-17-6-4-5-7-18(17)24(20)14-19(22)25/h4-11H,12-14H2,1-3H3,(H2,22,25). The molecule has 27 heavy (non-hydrogen) atoms. The summed E-state index contributed by atoms with van der Waals surface area (Å²) < 4.78 is 7.70. The summed E-state index contributed by atoms with van der Waals surface area (Å²) in [5.74, 6) is 1.20. The van der Waals surface area contributed by atoms with Gasteiger partial charge in [0.15, 0.2) is 5.16 Å². The van der Waals surface area contributed by atoms with Gasteiger partial charge in [0.2, 0.25) is 5.91 Å². The summed E-state index contributed by atoms with van der Waals surface area (Å²) in [7, 11) is 0. The Balaban J connectivity index is 1.61. The van der Waals surface area contributed by atoms with Crippen LogP contribution in [0.3, 0.4) is 0 Å². The highest BCUT2D eigenvalue weighted by Crippen LogP contribution is 2.26. The number of nitrogens with two attached hydrogens (primary N) is 1. The van der Waals surface area contributed by atoms with Crippen molar-refractivity contribution in [2.24, 2.45) is 5.73 Å².